The highest BCUT2D eigenvalue weighted by molar-refractivity contribution is 5.79. The van der Waals surface area contributed by atoms with Crippen LogP contribution in [0.1, 0.15) is 37.4 Å². The highest BCUT2D eigenvalue weighted by Gasteiger charge is 2.21. The number of rotatable bonds is 5. The molecule has 0 saturated carbocycles. The largest absolute Gasteiger partial charge is 0.491 e. The molecule has 0 bridgehead atoms. The smallest absolute Gasteiger partial charge is 0.224 e. The highest BCUT2D eigenvalue weighted by Crippen LogP contribution is 2.17. The van der Waals surface area contributed by atoms with E-state index in [2.05, 4.69) is 21.1 Å². The molecule has 1 aromatic carbocycles. The van der Waals surface area contributed by atoms with Crippen molar-refractivity contribution in [2.24, 2.45) is 0 Å². The molecule has 0 spiro atoms. The molecule has 0 fully saturated rings. The van der Waals surface area contributed by atoms with Crippen LogP contribution < -0.4 is 10.1 Å². The van der Waals surface area contributed by atoms with E-state index in [9.17, 15) is 4.79 Å². The van der Waals surface area contributed by atoms with Gasteiger partial charge < -0.3 is 14.6 Å². The summed E-state index contributed by atoms with van der Waals surface area (Å²) in [7, 11) is 0. The van der Waals surface area contributed by atoms with Gasteiger partial charge >= 0.3 is 0 Å². The first-order valence-corrected chi connectivity index (χ1v) is 8.57. The highest BCUT2D eigenvalue weighted by atomic mass is 16.5. The molecule has 128 valence electrons. The minimum atomic E-state index is 0.0574. The minimum Gasteiger partial charge on any atom is -0.491 e. The molecule has 1 atom stereocenters. The Morgan fingerprint density at radius 1 is 1.46 bits per heavy atom. The average molecular weight is 327 g/mol. The van der Waals surface area contributed by atoms with Crippen molar-refractivity contribution in [2.75, 3.05) is 0 Å². The summed E-state index contributed by atoms with van der Waals surface area (Å²) in [5.74, 6) is 1.99. The summed E-state index contributed by atoms with van der Waals surface area (Å²) in [6.45, 7) is 6.80. The minimum absolute atomic E-state index is 0.0574. The van der Waals surface area contributed by atoms with E-state index in [-0.39, 0.29) is 18.1 Å². The molecule has 1 N–H and O–H groups in total. The summed E-state index contributed by atoms with van der Waals surface area (Å²) in [4.78, 5) is 16.9. The Balaban J connectivity index is 1.56. The third-order valence-corrected chi connectivity index (χ3v) is 4.11. The van der Waals surface area contributed by atoms with E-state index in [1.165, 1.54) is 0 Å². The Morgan fingerprint density at radius 2 is 2.29 bits per heavy atom. The van der Waals surface area contributed by atoms with Crippen LogP contribution in [0.25, 0.3) is 0 Å². The molecule has 1 aromatic heterocycles. The number of benzene rings is 1. The standard InChI is InChI=1S/C19H25N3O2/c1-13(2)24-17-6-4-5-15(9-17)10-19(23)21-16-7-8-18-20-14(3)11-22(18)12-16/h4-6,9,11,13,16H,7-8,10,12H2,1-3H3,(H,21,23)/t16-/m1/s1. The zero-order chi connectivity index (χ0) is 17.1. The van der Waals surface area contributed by atoms with Crippen LogP contribution in [0.3, 0.4) is 0 Å². The van der Waals surface area contributed by atoms with Gasteiger partial charge in [0.2, 0.25) is 5.91 Å². The van der Waals surface area contributed by atoms with Crippen molar-refractivity contribution < 1.29 is 9.53 Å². The molecule has 1 aliphatic heterocycles. The predicted octanol–water partition coefficient (Wildman–Crippen LogP) is 2.65. The van der Waals surface area contributed by atoms with Crippen LogP contribution in [-0.2, 0) is 24.2 Å². The number of hydrogen-bond donors (Lipinski definition) is 1. The first kappa shape index (κ1) is 16.6. The molecule has 3 rings (SSSR count). The van der Waals surface area contributed by atoms with Crippen LogP contribution in [0.2, 0.25) is 0 Å². The third-order valence-electron chi connectivity index (χ3n) is 4.11. The molecule has 24 heavy (non-hydrogen) atoms. The molecule has 0 aliphatic carbocycles. The van der Waals surface area contributed by atoms with Gasteiger partial charge in [-0.2, -0.15) is 0 Å². The molecule has 0 radical (unpaired) electrons. The van der Waals surface area contributed by atoms with Crippen LogP contribution in [0.4, 0.5) is 0 Å². The maximum absolute atomic E-state index is 12.4. The maximum Gasteiger partial charge on any atom is 0.224 e. The summed E-state index contributed by atoms with van der Waals surface area (Å²) in [6, 6.07) is 7.93. The van der Waals surface area contributed by atoms with Gasteiger partial charge in [-0.05, 0) is 44.9 Å². The molecule has 2 aromatic rings. The first-order valence-electron chi connectivity index (χ1n) is 8.57. The molecule has 0 saturated heterocycles. The topological polar surface area (TPSA) is 56.2 Å². The van der Waals surface area contributed by atoms with Gasteiger partial charge in [-0.1, -0.05) is 12.1 Å². The lowest BCUT2D eigenvalue weighted by atomic mass is 10.1. The van der Waals surface area contributed by atoms with Crippen molar-refractivity contribution >= 4 is 5.91 Å². The Labute approximate surface area is 143 Å². The van der Waals surface area contributed by atoms with E-state index in [4.69, 9.17) is 4.74 Å². The third kappa shape index (κ3) is 4.16. The Kier molecular flexibility index (Phi) is 4.88. The van der Waals surface area contributed by atoms with Crippen LogP contribution in [0.15, 0.2) is 30.5 Å². The lowest BCUT2D eigenvalue weighted by Crippen LogP contribution is -2.41. The number of ether oxygens (including phenoxy) is 1. The van der Waals surface area contributed by atoms with E-state index in [1.807, 2.05) is 45.0 Å². The number of hydrogen-bond acceptors (Lipinski definition) is 3. The zero-order valence-electron chi connectivity index (χ0n) is 14.6. The van der Waals surface area contributed by atoms with Gasteiger partial charge in [-0.15, -0.1) is 0 Å². The summed E-state index contributed by atoms with van der Waals surface area (Å²) in [5.41, 5.74) is 2.01. The number of imidazole rings is 1. The van der Waals surface area contributed by atoms with Crippen molar-refractivity contribution in [3.05, 3.63) is 47.5 Å². The van der Waals surface area contributed by atoms with Crippen molar-refractivity contribution in [2.45, 2.75) is 58.7 Å². The van der Waals surface area contributed by atoms with Crippen molar-refractivity contribution in [1.29, 1.82) is 0 Å². The molecule has 5 heteroatoms. The number of nitrogens with one attached hydrogen (secondary N) is 1. The van der Waals surface area contributed by atoms with E-state index in [0.29, 0.717) is 6.42 Å². The van der Waals surface area contributed by atoms with E-state index in [1.54, 1.807) is 0 Å². The number of fused-ring (bicyclic) bond motifs is 1. The number of aryl methyl sites for hydroxylation is 2. The van der Waals surface area contributed by atoms with Crippen LogP contribution in [0.5, 0.6) is 5.75 Å². The normalized spacial score (nSPS) is 16.8. The van der Waals surface area contributed by atoms with Gasteiger partial charge in [-0.3, -0.25) is 4.79 Å². The zero-order valence-corrected chi connectivity index (χ0v) is 14.6. The van der Waals surface area contributed by atoms with Gasteiger partial charge in [0.05, 0.1) is 18.2 Å². The van der Waals surface area contributed by atoms with Gasteiger partial charge in [0.1, 0.15) is 11.6 Å². The van der Waals surface area contributed by atoms with Gasteiger partial charge in [0, 0.05) is 25.2 Å². The Morgan fingerprint density at radius 3 is 3.08 bits per heavy atom. The number of amides is 1. The van der Waals surface area contributed by atoms with Crippen LogP contribution >= 0.6 is 0 Å². The van der Waals surface area contributed by atoms with E-state index in [0.717, 1.165) is 42.2 Å². The summed E-state index contributed by atoms with van der Waals surface area (Å²) < 4.78 is 7.84. The van der Waals surface area contributed by atoms with Gasteiger partial charge in [0.25, 0.3) is 0 Å². The molecule has 5 nitrogen and oxygen atoms in total. The molecular formula is C19H25N3O2. The number of aromatic nitrogens is 2. The van der Waals surface area contributed by atoms with Gasteiger partial charge in [-0.25, -0.2) is 4.98 Å². The second-order valence-corrected chi connectivity index (χ2v) is 6.74. The van der Waals surface area contributed by atoms with Crippen molar-refractivity contribution in [3.63, 3.8) is 0 Å². The monoisotopic (exact) mass is 327 g/mol. The lowest BCUT2D eigenvalue weighted by molar-refractivity contribution is -0.121. The predicted molar refractivity (Wildman–Crippen MR) is 93.1 cm³/mol. The van der Waals surface area contributed by atoms with E-state index >= 15 is 0 Å². The number of nitrogens with zero attached hydrogens (tertiary/aromatic N) is 2. The molecule has 2 heterocycles. The number of carbonyl (C=O) groups is 1. The maximum atomic E-state index is 12.4. The quantitative estimate of drug-likeness (QED) is 0.918. The van der Waals surface area contributed by atoms with Crippen molar-refractivity contribution in [1.82, 2.24) is 14.9 Å². The fraction of sp³-hybridized carbons (Fsp3) is 0.474. The fourth-order valence-electron chi connectivity index (χ4n) is 3.17. The van der Waals surface area contributed by atoms with Gasteiger partial charge in [0.15, 0.2) is 0 Å². The second-order valence-electron chi connectivity index (χ2n) is 6.74. The molecule has 1 aliphatic rings. The molecule has 0 unspecified atom stereocenters. The van der Waals surface area contributed by atoms with Crippen LogP contribution in [0, 0.1) is 6.92 Å². The Hall–Kier alpha value is -2.30. The lowest BCUT2D eigenvalue weighted by Gasteiger charge is -2.24. The van der Waals surface area contributed by atoms with E-state index < -0.39 is 0 Å². The first-order chi connectivity index (χ1) is 11.5. The average Bonchev–Trinajstić information content (AvgIpc) is 2.86. The van der Waals surface area contributed by atoms with Crippen LogP contribution in [-0.4, -0.2) is 27.6 Å². The second kappa shape index (κ2) is 7.07. The fourth-order valence-corrected chi connectivity index (χ4v) is 3.17. The number of carbonyl (C=O) groups excluding carboxylic acids is 1. The Bertz CT molecular complexity index is 721. The SMILES string of the molecule is Cc1cn2c(n1)CC[C@@H](NC(=O)Cc1cccc(OC(C)C)c1)C2. The summed E-state index contributed by atoms with van der Waals surface area (Å²) >= 11 is 0. The molecule has 1 amide bonds. The summed E-state index contributed by atoms with van der Waals surface area (Å²) in [5, 5.41) is 3.15. The van der Waals surface area contributed by atoms with Crippen molar-refractivity contribution in [3.8, 4) is 5.75 Å². The summed E-state index contributed by atoms with van der Waals surface area (Å²) in [6.07, 6.45) is 4.42. The molecular weight excluding hydrogens is 302 g/mol.